The van der Waals surface area contributed by atoms with Crippen molar-refractivity contribution >= 4 is 28.4 Å². The van der Waals surface area contributed by atoms with Crippen LogP contribution < -0.4 is 5.32 Å². The van der Waals surface area contributed by atoms with E-state index in [0.29, 0.717) is 6.04 Å². The highest BCUT2D eigenvalue weighted by molar-refractivity contribution is 7.98. The van der Waals surface area contributed by atoms with E-state index in [1.54, 1.807) is 0 Å². The lowest BCUT2D eigenvalue weighted by Crippen LogP contribution is -2.18. The molecule has 2 heterocycles. The Hall–Kier alpha value is -2.00. The maximum Gasteiger partial charge on any atom is 0.0703 e. The number of hydrogen-bond donors (Lipinski definition) is 1. The molecular weight excluding hydrogens is 276 g/mol. The Morgan fingerprint density at radius 2 is 1.90 bits per heavy atom. The molecule has 104 valence electrons. The van der Waals surface area contributed by atoms with Crippen LogP contribution >= 0.6 is 11.8 Å². The van der Waals surface area contributed by atoms with Gasteiger partial charge in [-0.25, -0.2) is 0 Å². The second-order valence-electron chi connectivity index (χ2n) is 5.33. The molecule has 0 spiro atoms. The summed E-state index contributed by atoms with van der Waals surface area (Å²) >= 11 is 1.99. The second-order valence-corrected chi connectivity index (χ2v) is 6.36. The molecule has 21 heavy (non-hydrogen) atoms. The third-order valence-corrected chi connectivity index (χ3v) is 4.99. The van der Waals surface area contributed by atoms with Crippen LogP contribution in [-0.4, -0.2) is 10.7 Å². The molecule has 1 N–H and O–H groups in total. The van der Waals surface area contributed by atoms with Crippen LogP contribution in [0, 0.1) is 0 Å². The van der Waals surface area contributed by atoms with Gasteiger partial charge in [0.25, 0.3) is 0 Å². The lowest BCUT2D eigenvalue weighted by molar-refractivity contribution is 0.870. The minimum atomic E-state index is 0.364. The van der Waals surface area contributed by atoms with E-state index >= 15 is 0 Å². The number of aromatic nitrogens is 1. The van der Waals surface area contributed by atoms with Crippen LogP contribution in [0.25, 0.3) is 10.9 Å². The number of benzene rings is 2. The van der Waals surface area contributed by atoms with Crippen LogP contribution in [0.2, 0.25) is 0 Å². The molecule has 4 rings (SSSR count). The molecule has 1 aromatic heterocycles. The van der Waals surface area contributed by atoms with Crippen LogP contribution in [0.4, 0.5) is 5.69 Å². The van der Waals surface area contributed by atoms with Crippen molar-refractivity contribution in [3.63, 3.8) is 0 Å². The fraction of sp³-hybridized carbons (Fsp3) is 0.167. The van der Waals surface area contributed by atoms with Crippen molar-refractivity contribution in [1.29, 1.82) is 0 Å². The zero-order valence-electron chi connectivity index (χ0n) is 11.6. The normalized spacial score (nSPS) is 17.4. The van der Waals surface area contributed by atoms with Crippen LogP contribution in [-0.2, 0) is 5.75 Å². The molecule has 1 unspecified atom stereocenters. The average Bonchev–Trinajstić information content (AvgIpc) is 2.55. The summed E-state index contributed by atoms with van der Waals surface area (Å²) in [5.74, 6) is 2.22. The van der Waals surface area contributed by atoms with Gasteiger partial charge in [0.1, 0.15) is 0 Å². The van der Waals surface area contributed by atoms with Gasteiger partial charge in [-0.3, -0.25) is 4.98 Å². The maximum atomic E-state index is 4.53. The second kappa shape index (κ2) is 5.41. The number of rotatable bonds is 2. The van der Waals surface area contributed by atoms with E-state index < -0.39 is 0 Å². The molecule has 2 nitrogen and oxygen atoms in total. The monoisotopic (exact) mass is 292 g/mol. The fourth-order valence-corrected chi connectivity index (χ4v) is 3.95. The Labute approximate surface area is 128 Å². The topological polar surface area (TPSA) is 24.9 Å². The summed E-state index contributed by atoms with van der Waals surface area (Å²) in [5.41, 5.74) is 5.00. The minimum absolute atomic E-state index is 0.364. The van der Waals surface area contributed by atoms with Crippen molar-refractivity contribution in [1.82, 2.24) is 4.98 Å². The van der Waals surface area contributed by atoms with Gasteiger partial charge in [0.05, 0.1) is 23.4 Å². The largest absolute Gasteiger partial charge is 0.376 e. The summed E-state index contributed by atoms with van der Waals surface area (Å²) in [7, 11) is 0. The van der Waals surface area contributed by atoms with Gasteiger partial charge < -0.3 is 5.32 Å². The Morgan fingerprint density at radius 3 is 2.90 bits per heavy atom. The van der Waals surface area contributed by atoms with Gasteiger partial charge in [-0.15, -0.1) is 0 Å². The summed E-state index contributed by atoms with van der Waals surface area (Å²) in [6.45, 7) is 0. The van der Waals surface area contributed by atoms with E-state index in [1.807, 2.05) is 30.1 Å². The highest BCUT2D eigenvalue weighted by Crippen LogP contribution is 2.34. The number of para-hydroxylation sites is 1. The van der Waals surface area contributed by atoms with Gasteiger partial charge >= 0.3 is 0 Å². The number of hydrogen-bond acceptors (Lipinski definition) is 3. The Bertz CT molecular complexity index is 785. The van der Waals surface area contributed by atoms with E-state index in [2.05, 4.69) is 52.8 Å². The van der Waals surface area contributed by atoms with E-state index in [0.717, 1.165) is 22.7 Å². The van der Waals surface area contributed by atoms with Gasteiger partial charge in [-0.05, 0) is 23.3 Å². The highest BCUT2D eigenvalue weighted by Gasteiger charge is 2.19. The number of thioether (sulfide) groups is 1. The third-order valence-electron chi connectivity index (χ3n) is 3.90. The SMILES string of the molecule is c1ccc2c(c1)CSCC2Nc1cnc2ccccc2c1. The Balaban J connectivity index is 1.66. The smallest absolute Gasteiger partial charge is 0.0703 e. The van der Waals surface area contributed by atoms with Crippen molar-refractivity contribution in [2.45, 2.75) is 11.8 Å². The van der Waals surface area contributed by atoms with Crippen molar-refractivity contribution < 1.29 is 0 Å². The minimum Gasteiger partial charge on any atom is -0.376 e. The quantitative estimate of drug-likeness (QED) is 0.745. The van der Waals surface area contributed by atoms with Gasteiger partial charge in [0.15, 0.2) is 0 Å². The average molecular weight is 292 g/mol. The predicted octanol–water partition coefficient (Wildman–Crippen LogP) is 4.63. The summed E-state index contributed by atoms with van der Waals surface area (Å²) in [5, 5.41) is 4.83. The van der Waals surface area contributed by atoms with Crippen LogP contribution in [0.3, 0.4) is 0 Å². The summed E-state index contributed by atoms with van der Waals surface area (Å²) in [6, 6.07) is 19.5. The molecule has 0 amide bonds. The molecule has 0 saturated carbocycles. The standard InChI is InChI=1S/C18H16N2S/c1-3-7-16-14(6-1)11-21-12-18(16)20-15-9-13-5-2-4-8-17(13)19-10-15/h1-10,18,20H,11-12H2. The molecule has 1 atom stereocenters. The molecule has 3 aromatic rings. The van der Waals surface area contributed by atoms with E-state index in [1.165, 1.54) is 16.5 Å². The number of fused-ring (bicyclic) bond motifs is 2. The molecule has 2 aromatic carbocycles. The van der Waals surface area contributed by atoms with Gasteiger partial charge in [-0.2, -0.15) is 11.8 Å². The zero-order valence-corrected chi connectivity index (χ0v) is 12.4. The van der Waals surface area contributed by atoms with Gasteiger partial charge in [0.2, 0.25) is 0 Å². The first-order valence-corrected chi connectivity index (χ1v) is 8.32. The van der Waals surface area contributed by atoms with E-state index in [-0.39, 0.29) is 0 Å². The van der Waals surface area contributed by atoms with Crippen molar-refractivity contribution in [2.75, 3.05) is 11.1 Å². The molecule has 1 aliphatic rings. The molecule has 0 aliphatic carbocycles. The van der Waals surface area contributed by atoms with Crippen molar-refractivity contribution in [3.8, 4) is 0 Å². The molecule has 0 saturated heterocycles. The molecule has 3 heteroatoms. The first-order valence-electron chi connectivity index (χ1n) is 7.17. The molecular formula is C18H16N2S. The molecule has 0 radical (unpaired) electrons. The lowest BCUT2D eigenvalue weighted by Gasteiger charge is -2.26. The van der Waals surface area contributed by atoms with Crippen molar-refractivity contribution in [3.05, 3.63) is 71.9 Å². The Kier molecular flexibility index (Phi) is 3.28. The van der Waals surface area contributed by atoms with Crippen molar-refractivity contribution in [2.24, 2.45) is 0 Å². The summed E-state index contributed by atoms with van der Waals surface area (Å²) < 4.78 is 0. The number of anilines is 1. The van der Waals surface area contributed by atoms with E-state index in [4.69, 9.17) is 0 Å². The number of nitrogens with zero attached hydrogens (tertiary/aromatic N) is 1. The first-order chi connectivity index (χ1) is 10.4. The maximum absolute atomic E-state index is 4.53. The van der Waals surface area contributed by atoms with E-state index in [9.17, 15) is 0 Å². The van der Waals surface area contributed by atoms with Crippen LogP contribution in [0.5, 0.6) is 0 Å². The molecule has 0 bridgehead atoms. The van der Waals surface area contributed by atoms with Gasteiger partial charge in [0, 0.05) is 16.9 Å². The van der Waals surface area contributed by atoms with Crippen LogP contribution in [0.15, 0.2) is 60.8 Å². The molecule has 0 fully saturated rings. The molecule has 1 aliphatic heterocycles. The zero-order chi connectivity index (χ0) is 14.1. The third kappa shape index (κ3) is 2.49. The first kappa shape index (κ1) is 12.7. The highest BCUT2D eigenvalue weighted by atomic mass is 32.2. The van der Waals surface area contributed by atoms with Gasteiger partial charge in [-0.1, -0.05) is 42.5 Å². The fourth-order valence-electron chi connectivity index (χ4n) is 2.85. The lowest BCUT2D eigenvalue weighted by atomic mass is 10.0. The van der Waals surface area contributed by atoms with Crippen LogP contribution in [0.1, 0.15) is 17.2 Å². The number of nitrogens with one attached hydrogen (secondary N) is 1. The number of pyridine rings is 1. The summed E-state index contributed by atoms with van der Waals surface area (Å²) in [4.78, 5) is 4.53. The Morgan fingerprint density at radius 1 is 1.05 bits per heavy atom. The summed E-state index contributed by atoms with van der Waals surface area (Å²) in [6.07, 6.45) is 1.93. The predicted molar refractivity (Wildman–Crippen MR) is 90.7 cm³/mol.